The average Bonchev–Trinajstić information content (AvgIpc) is 2.80. The monoisotopic (exact) mass is 240 g/mol. The summed E-state index contributed by atoms with van der Waals surface area (Å²) < 4.78 is 7.38. The zero-order valence-electron chi connectivity index (χ0n) is 11.0. The molecule has 0 aliphatic heterocycles. The van der Waals surface area contributed by atoms with E-state index in [0.717, 1.165) is 31.6 Å². The molecule has 2 unspecified atom stereocenters. The number of imidazole rings is 1. The Morgan fingerprint density at radius 3 is 2.88 bits per heavy atom. The summed E-state index contributed by atoms with van der Waals surface area (Å²) in [6.07, 6.45) is 6.95. The van der Waals surface area contributed by atoms with Gasteiger partial charge in [0.05, 0.1) is 6.10 Å². The number of hydrogen-bond acceptors (Lipinski definition) is 4. The minimum absolute atomic E-state index is 0.250. The molecule has 1 rings (SSSR count). The molecule has 2 atom stereocenters. The third kappa shape index (κ3) is 4.46. The van der Waals surface area contributed by atoms with E-state index in [1.807, 2.05) is 12.4 Å². The Bertz CT molecular complexity index is 313. The van der Waals surface area contributed by atoms with Crippen LogP contribution < -0.4 is 11.3 Å². The summed E-state index contributed by atoms with van der Waals surface area (Å²) in [5.74, 6) is 6.66. The van der Waals surface area contributed by atoms with Gasteiger partial charge in [-0.2, -0.15) is 0 Å². The van der Waals surface area contributed by atoms with E-state index in [9.17, 15) is 0 Å². The molecule has 0 aliphatic rings. The molecule has 5 heteroatoms. The molecule has 0 saturated carbocycles. The van der Waals surface area contributed by atoms with Crippen molar-refractivity contribution in [3.05, 3.63) is 18.2 Å². The summed E-state index contributed by atoms with van der Waals surface area (Å²) in [7, 11) is 1.74. The van der Waals surface area contributed by atoms with E-state index < -0.39 is 0 Å². The van der Waals surface area contributed by atoms with E-state index in [1.165, 1.54) is 0 Å². The van der Waals surface area contributed by atoms with Crippen molar-refractivity contribution in [2.75, 3.05) is 7.11 Å². The minimum atomic E-state index is 0.250. The van der Waals surface area contributed by atoms with E-state index in [2.05, 4.69) is 28.8 Å². The summed E-state index contributed by atoms with van der Waals surface area (Å²) >= 11 is 0. The van der Waals surface area contributed by atoms with Gasteiger partial charge in [0.15, 0.2) is 0 Å². The zero-order chi connectivity index (χ0) is 12.7. The Morgan fingerprint density at radius 1 is 1.53 bits per heavy atom. The maximum atomic E-state index is 5.58. The molecule has 17 heavy (non-hydrogen) atoms. The van der Waals surface area contributed by atoms with Crippen molar-refractivity contribution in [1.29, 1.82) is 0 Å². The van der Waals surface area contributed by atoms with Crippen molar-refractivity contribution in [3.63, 3.8) is 0 Å². The van der Waals surface area contributed by atoms with Gasteiger partial charge in [-0.25, -0.2) is 4.98 Å². The second-order valence-corrected chi connectivity index (χ2v) is 4.32. The molecular formula is C12H24N4O. The first kappa shape index (κ1) is 14.2. The number of rotatable bonds is 8. The lowest BCUT2D eigenvalue weighted by atomic mass is 10.1. The molecule has 0 bridgehead atoms. The number of nitrogens with one attached hydrogen (secondary N) is 1. The van der Waals surface area contributed by atoms with Crippen molar-refractivity contribution in [2.24, 2.45) is 5.84 Å². The Kier molecular flexibility index (Phi) is 6.18. The molecule has 3 N–H and O–H groups in total. The molecule has 0 aliphatic carbocycles. The van der Waals surface area contributed by atoms with Crippen LogP contribution in [0.1, 0.15) is 32.5 Å². The highest BCUT2D eigenvalue weighted by atomic mass is 16.5. The number of nitrogens with two attached hydrogens (primary N) is 1. The van der Waals surface area contributed by atoms with E-state index in [0.29, 0.717) is 0 Å². The van der Waals surface area contributed by atoms with E-state index in [-0.39, 0.29) is 12.1 Å². The molecule has 5 nitrogen and oxygen atoms in total. The lowest BCUT2D eigenvalue weighted by Gasteiger charge is -2.18. The number of nitrogens with zero attached hydrogens (tertiary/aromatic N) is 2. The fourth-order valence-corrected chi connectivity index (χ4v) is 1.84. The van der Waals surface area contributed by atoms with Crippen LogP contribution in [0.5, 0.6) is 0 Å². The van der Waals surface area contributed by atoms with Gasteiger partial charge < -0.3 is 9.30 Å². The first-order valence-corrected chi connectivity index (χ1v) is 6.20. The number of aromatic nitrogens is 2. The van der Waals surface area contributed by atoms with Gasteiger partial charge in [0, 0.05) is 38.5 Å². The number of hydrazine groups is 1. The van der Waals surface area contributed by atoms with Crippen LogP contribution >= 0.6 is 0 Å². The van der Waals surface area contributed by atoms with Crippen LogP contribution in [0.2, 0.25) is 0 Å². The van der Waals surface area contributed by atoms with Crippen molar-refractivity contribution >= 4 is 0 Å². The lowest BCUT2D eigenvalue weighted by Crippen LogP contribution is -2.38. The molecule has 0 fully saturated rings. The highest BCUT2D eigenvalue weighted by molar-refractivity contribution is 4.95. The molecule has 1 heterocycles. The molecule has 0 radical (unpaired) electrons. The van der Waals surface area contributed by atoms with E-state index in [4.69, 9.17) is 10.6 Å². The Hall–Kier alpha value is -0.910. The Balaban J connectivity index is 2.46. The Morgan fingerprint density at radius 2 is 2.29 bits per heavy atom. The first-order valence-electron chi connectivity index (χ1n) is 6.20. The van der Waals surface area contributed by atoms with Gasteiger partial charge in [0.1, 0.15) is 5.82 Å². The number of ether oxygens (including phenoxy) is 1. The van der Waals surface area contributed by atoms with Crippen molar-refractivity contribution in [1.82, 2.24) is 15.0 Å². The first-order chi connectivity index (χ1) is 8.21. The van der Waals surface area contributed by atoms with Crippen LogP contribution in [0.3, 0.4) is 0 Å². The summed E-state index contributed by atoms with van der Waals surface area (Å²) in [5.41, 5.74) is 2.86. The number of hydrogen-bond donors (Lipinski definition) is 2. The van der Waals surface area contributed by atoms with Gasteiger partial charge in [-0.3, -0.25) is 11.3 Å². The van der Waals surface area contributed by atoms with Gasteiger partial charge in [-0.1, -0.05) is 0 Å². The molecule has 0 saturated heterocycles. The van der Waals surface area contributed by atoms with Crippen LogP contribution in [-0.2, 0) is 17.7 Å². The predicted molar refractivity (Wildman–Crippen MR) is 68.4 cm³/mol. The lowest BCUT2D eigenvalue weighted by molar-refractivity contribution is 0.106. The van der Waals surface area contributed by atoms with E-state index >= 15 is 0 Å². The third-order valence-electron chi connectivity index (χ3n) is 3.13. The van der Waals surface area contributed by atoms with Crippen LogP contribution in [0, 0.1) is 0 Å². The fraction of sp³-hybridized carbons (Fsp3) is 0.750. The molecule has 1 aromatic heterocycles. The summed E-state index contributed by atoms with van der Waals surface area (Å²) in [6, 6.07) is 0.250. The second kappa shape index (κ2) is 7.42. The van der Waals surface area contributed by atoms with Crippen LogP contribution in [0.15, 0.2) is 12.4 Å². The SMILES string of the molecule is CCn1ccnc1CC(CCC(C)OC)NN. The molecule has 0 aromatic carbocycles. The largest absolute Gasteiger partial charge is 0.382 e. The van der Waals surface area contributed by atoms with Crippen LogP contribution in [-0.4, -0.2) is 28.8 Å². The van der Waals surface area contributed by atoms with Gasteiger partial charge in [0.25, 0.3) is 0 Å². The van der Waals surface area contributed by atoms with Crippen LogP contribution in [0.25, 0.3) is 0 Å². The summed E-state index contributed by atoms with van der Waals surface area (Å²) in [5, 5.41) is 0. The zero-order valence-corrected chi connectivity index (χ0v) is 11.0. The van der Waals surface area contributed by atoms with E-state index in [1.54, 1.807) is 7.11 Å². The predicted octanol–water partition coefficient (Wildman–Crippen LogP) is 1.09. The quantitative estimate of drug-likeness (QED) is 0.527. The topological polar surface area (TPSA) is 65.1 Å². The average molecular weight is 240 g/mol. The van der Waals surface area contributed by atoms with Crippen molar-refractivity contribution < 1.29 is 4.74 Å². The maximum Gasteiger partial charge on any atom is 0.110 e. The Labute approximate surface area is 103 Å². The standard InChI is InChI=1S/C12H24N4O/c1-4-16-8-7-14-12(16)9-11(15-13)6-5-10(2)17-3/h7-8,10-11,15H,4-6,9,13H2,1-3H3. The number of methoxy groups -OCH3 is 1. The number of aryl methyl sites for hydroxylation is 1. The summed E-state index contributed by atoms with van der Waals surface area (Å²) in [6.45, 7) is 5.13. The maximum absolute atomic E-state index is 5.58. The van der Waals surface area contributed by atoms with Crippen molar-refractivity contribution in [2.45, 2.75) is 51.8 Å². The third-order valence-corrected chi connectivity index (χ3v) is 3.13. The molecular weight excluding hydrogens is 216 g/mol. The smallest absolute Gasteiger partial charge is 0.110 e. The van der Waals surface area contributed by atoms with Crippen molar-refractivity contribution in [3.8, 4) is 0 Å². The van der Waals surface area contributed by atoms with Gasteiger partial charge in [0.2, 0.25) is 0 Å². The molecule has 1 aromatic rings. The molecule has 98 valence electrons. The highest BCUT2D eigenvalue weighted by Crippen LogP contribution is 2.09. The normalized spacial score (nSPS) is 14.8. The minimum Gasteiger partial charge on any atom is -0.382 e. The highest BCUT2D eigenvalue weighted by Gasteiger charge is 2.12. The van der Waals surface area contributed by atoms with Gasteiger partial charge in [-0.15, -0.1) is 0 Å². The van der Waals surface area contributed by atoms with Gasteiger partial charge >= 0.3 is 0 Å². The second-order valence-electron chi connectivity index (χ2n) is 4.32. The molecule has 0 amide bonds. The fourth-order valence-electron chi connectivity index (χ4n) is 1.84. The van der Waals surface area contributed by atoms with Crippen LogP contribution in [0.4, 0.5) is 0 Å². The van der Waals surface area contributed by atoms with Gasteiger partial charge in [-0.05, 0) is 26.7 Å². The summed E-state index contributed by atoms with van der Waals surface area (Å²) in [4.78, 5) is 4.36. The molecule has 0 spiro atoms.